The van der Waals surface area contributed by atoms with Gasteiger partial charge < -0.3 is 9.84 Å². The molecule has 1 N–H and O–H groups in total. The van der Waals surface area contributed by atoms with Crippen molar-refractivity contribution in [3.63, 3.8) is 0 Å². The van der Waals surface area contributed by atoms with Crippen LogP contribution in [0.1, 0.15) is 19.3 Å². The smallest absolute Gasteiger partial charge is 0.109 e. The predicted octanol–water partition coefficient (Wildman–Crippen LogP) is 0.0408. The van der Waals surface area contributed by atoms with Gasteiger partial charge in [0.1, 0.15) is 7.85 Å². The fraction of sp³-hybridized carbons (Fsp3) is 1.00. The standard InChI is InChI=1S/C8H11BO2/c9-6-2-4-1-5-3-8(5,10)7(4)11-6/h4-7,10H,1-3H2. The molecule has 2 radical (unpaired) electrons. The summed E-state index contributed by atoms with van der Waals surface area (Å²) in [6.07, 6.45) is 3.10. The molecule has 58 valence electrons. The highest BCUT2D eigenvalue weighted by Gasteiger charge is 2.68. The monoisotopic (exact) mass is 150 g/mol. The topological polar surface area (TPSA) is 29.5 Å². The molecule has 3 aliphatic rings. The molecule has 1 aliphatic heterocycles. The van der Waals surface area contributed by atoms with Gasteiger partial charge in [0, 0.05) is 6.00 Å². The van der Waals surface area contributed by atoms with Gasteiger partial charge in [-0.1, -0.05) is 0 Å². The first kappa shape index (κ1) is 6.50. The average Bonchev–Trinajstić information content (AvgIpc) is 2.33. The lowest BCUT2D eigenvalue weighted by Crippen LogP contribution is -2.29. The van der Waals surface area contributed by atoms with Crippen molar-refractivity contribution in [1.82, 2.24) is 0 Å². The van der Waals surface area contributed by atoms with Crippen LogP contribution in [0, 0.1) is 11.8 Å². The molecule has 0 spiro atoms. The summed E-state index contributed by atoms with van der Waals surface area (Å²) in [5.74, 6) is 1.08. The quantitative estimate of drug-likeness (QED) is 0.494. The Morgan fingerprint density at radius 1 is 1.45 bits per heavy atom. The molecule has 3 heteroatoms. The maximum atomic E-state index is 9.88. The van der Waals surface area contributed by atoms with Crippen molar-refractivity contribution >= 4 is 7.85 Å². The number of ether oxygens (including phenoxy) is 1. The molecule has 0 aromatic carbocycles. The third kappa shape index (κ3) is 0.663. The summed E-state index contributed by atoms with van der Waals surface area (Å²) in [5, 5.41) is 9.88. The fourth-order valence-corrected chi connectivity index (χ4v) is 2.86. The Hall–Kier alpha value is -0.0151. The molecule has 3 fully saturated rings. The van der Waals surface area contributed by atoms with Crippen LogP contribution in [0.5, 0.6) is 0 Å². The Morgan fingerprint density at radius 3 is 3.00 bits per heavy atom. The first-order chi connectivity index (χ1) is 5.20. The maximum absolute atomic E-state index is 9.88. The molecule has 0 aromatic heterocycles. The molecule has 5 atom stereocenters. The van der Waals surface area contributed by atoms with Crippen molar-refractivity contribution in [2.24, 2.45) is 11.8 Å². The Balaban J connectivity index is 1.88. The number of hydrogen-bond acceptors (Lipinski definition) is 2. The van der Waals surface area contributed by atoms with Crippen LogP contribution in [0.4, 0.5) is 0 Å². The summed E-state index contributed by atoms with van der Waals surface area (Å²) in [7, 11) is 5.63. The highest BCUT2D eigenvalue weighted by Crippen LogP contribution is 2.62. The molecule has 5 unspecified atom stereocenters. The summed E-state index contributed by atoms with van der Waals surface area (Å²) in [5.41, 5.74) is -0.460. The zero-order valence-corrected chi connectivity index (χ0v) is 6.36. The zero-order valence-electron chi connectivity index (χ0n) is 6.36. The van der Waals surface area contributed by atoms with E-state index >= 15 is 0 Å². The van der Waals surface area contributed by atoms with Crippen LogP contribution in [0.15, 0.2) is 0 Å². The van der Waals surface area contributed by atoms with Gasteiger partial charge in [-0.05, 0) is 31.1 Å². The van der Waals surface area contributed by atoms with Crippen molar-refractivity contribution in [3.05, 3.63) is 0 Å². The van der Waals surface area contributed by atoms with E-state index in [0.29, 0.717) is 11.8 Å². The summed E-state index contributed by atoms with van der Waals surface area (Å²) in [6, 6.07) is -0.115. The van der Waals surface area contributed by atoms with E-state index in [2.05, 4.69) is 0 Å². The van der Waals surface area contributed by atoms with Gasteiger partial charge in [-0.2, -0.15) is 0 Å². The summed E-state index contributed by atoms with van der Waals surface area (Å²) in [4.78, 5) is 0. The van der Waals surface area contributed by atoms with Crippen molar-refractivity contribution in [3.8, 4) is 0 Å². The van der Waals surface area contributed by atoms with E-state index in [1.807, 2.05) is 0 Å². The number of aliphatic hydroxyl groups is 1. The lowest BCUT2D eigenvalue weighted by Gasteiger charge is -2.17. The Labute approximate surface area is 67.3 Å². The highest BCUT2D eigenvalue weighted by molar-refractivity contribution is 6.11. The zero-order chi connectivity index (χ0) is 7.64. The van der Waals surface area contributed by atoms with Crippen LogP contribution in [0.2, 0.25) is 0 Å². The molecule has 2 nitrogen and oxygen atoms in total. The molecule has 1 saturated heterocycles. The highest BCUT2D eigenvalue weighted by atomic mass is 16.5. The largest absolute Gasteiger partial charge is 0.387 e. The van der Waals surface area contributed by atoms with Gasteiger partial charge in [0.25, 0.3) is 0 Å². The molecule has 11 heavy (non-hydrogen) atoms. The van der Waals surface area contributed by atoms with E-state index in [0.717, 1.165) is 19.3 Å². The molecule has 1 heterocycles. The van der Waals surface area contributed by atoms with Gasteiger partial charge in [-0.25, -0.2) is 0 Å². The van der Waals surface area contributed by atoms with Crippen molar-refractivity contribution in [1.29, 1.82) is 0 Å². The third-order valence-electron chi connectivity index (χ3n) is 3.48. The van der Waals surface area contributed by atoms with Crippen LogP contribution in [0.25, 0.3) is 0 Å². The number of hydrogen-bond donors (Lipinski definition) is 1. The van der Waals surface area contributed by atoms with Gasteiger partial charge >= 0.3 is 0 Å². The molecular weight excluding hydrogens is 139 g/mol. The number of fused-ring (bicyclic) bond motifs is 3. The Kier molecular flexibility index (Phi) is 0.985. The Bertz CT molecular complexity index is 208. The summed E-state index contributed by atoms with van der Waals surface area (Å²) < 4.78 is 5.47. The summed E-state index contributed by atoms with van der Waals surface area (Å²) >= 11 is 0. The maximum Gasteiger partial charge on any atom is 0.109 e. The normalized spacial score (nSPS) is 65.9. The molecule has 0 bridgehead atoms. The van der Waals surface area contributed by atoms with Gasteiger partial charge in [0.15, 0.2) is 0 Å². The predicted molar refractivity (Wildman–Crippen MR) is 40.2 cm³/mol. The molecule has 0 amide bonds. The first-order valence-corrected chi connectivity index (χ1v) is 4.33. The SMILES string of the molecule is [B]C1CC2CC3CC3(O)C2O1. The van der Waals surface area contributed by atoms with E-state index in [1.54, 1.807) is 0 Å². The lowest BCUT2D eigenvalue weighted by molar-refractivity contribution is -0.0318. The van der Waals surface area contributed by atoms with Gasteiger partial charge in [-0.3, -0.25) is 0 Å². The van der Waals surface area contributed by atoms with Gasteiger partial charge in [-0.15, -0.1) is 0 Å². The van der Waals surface area contributed by atoms with Gasteiger partial charge in [0.2, 0.25) is 0 Å². The van der Waals surface area contributed by atoms with Crippen LogP contribution in [0.3, 0.4) is 0 Å². The Morgan fingerprint density at radius 2 is 2.27 bits per heavy atom. The summed E-state index contributed by atoms with van der Waals surface area (Å²) in [6.45, 7) is 0. The average molecular weight is 150 g/mol. The minimum atomic E-state index is -0.460. The molecule has 0 aromatic rings. The minimum absolute atomic E-state index is 0.0718. The third-order valence-corrected chi connectivity index (χ3v) is 3.48. The fourth-order valence-electron chi connectivity index (χ4n) is 2.86. The van der Waals surface area contributed by atoms with Crippen molar-refractivity contribution in [2.75, 3.05) is 0 Å². The molecule has 2 saturated carbocycles. The molecule has 3 rings (SSSR count). The number of rotatable bonds is 0. The van der Waals surface area contributed by atoms with Crippen molar-refractivity contribution < 1.29 is 9.84 Å². The second-order valence-corrected chi connectivity index (χ2v) is 4.22. The van der Waals surface area contributed by atoms with E-state index in [-0.39, 0.29) is 12.1 Å². The molecular formula is C8H11BO2. The van der Waals surface area contributed by atoms with Crippen LogP contribution >= 0.6 is 0 Å². The second-order valence-electron chi connectivity index (χ2n) is 4.22. The second kappa shape index (κ2) is 1.67. The van der Waals surface area contributed by atoms with Crippen LogP contribution in [-0.2, 0) is 4.74 Å². The van der Waals surface area contributed by atoms with Gasteiger partial charge in [0.05, 0.1) is 11.7 Å². The van der Waals surface area contributed by atoms with Crippen LogP contribution < -0.4 is 0 Å². The molecule has 2 aliphatic carbocycles. The van der Waals surface area contributed by atoms with E-state index in [1.165, 1.54) is 0 Å². The lowest BCUT2D eigenvalue weighted by atomic mass is 9.90. The van der Waals surface area contributed by atoms with Crippen molar-refractivity contribution in [2.45, 2.75) is 37.0 Å². The van der Waals surface area contributed by atoms with E-state index < -0.39 is 5.60 Å². The van der Waals surface area contributed by atoms with Crippen LogP contribution in [-0.4, -0.2) is 30.7 Å². The first-order valence-electron chi connectivity index (χ1n) is 4.33. The minimum Gasteiger partial charge on any atom is -0.387 e. The van der Waals surface area contributed by atoms with E-state index in [4.69, 9.17) is 12.6 Å². The van der Waals surface area contributed by atoms with E-state index in [9.17, 15) is 5.11 Å².